The molecule has 130 valence electrons. The Kier molecular flexibility index (Phi) is 4.63. The second-order valence-corrected chi connectivity index (χ2v) is 7.33. The van der Waals surface area contributed by atoms with Gasteiger partial charge in [-0.3, -0.25) is 9.59 Å². The summed E-state index contributed by atoms with van der Waals surface area (Å²) in [5, 5.41) is 9.38. The minimum Gasteiger partial charge on any atom is -0.481 e. The van der Waals surface area contributed by atoms with Gasteiger partial charge in [-0.25, -0.2) is 0 Å². The topological polar surface area (TPSA) is 66.8 Å². The van der Waals surface area contributed by atoms with Gasteiger partial charge in [0.25, 0.3) is 0 Å². The first-order valence-corrected chi connectivity index (χ1v) is 8.61. The number of nitrogens with zero attached hydrogens (tertiary/aromatic N) is 1. The fraction of sp³-hybridized carbons (Fsp3) is 0.579. The number of carbonyl (C=O) groups excluding carboxylic acids is 1. The first kappa shape index (κ1) is 17.0. The summed E-state index contributed by atoms with van der Waals surface area (Å²) in [6.07, 6.45) is 1.93. The average molecular weight is 331 g/mol. The Morgan fingerprint density at radius 1 is 1.29 bits per heavy atom. The summed E-state index contributed by atoms with van der Waals surface area (Å²) in [6, 6.07) is 8.12. The van der Waals surface area contributed by atoms with Crippen LogP contribution in [0.3, 0.4) is 0 Å². The van der Waals surface area contributed by atoms with Gasteiger partial charge in [0.2, 0.25) is 5.91 Å². The van der Waals surface area contributed by atoms with Gasteiger partial charge in [-0.15, -0.1) is 0 Å². The summed E-state index contributed by atoms with van der Waals surface area (Å²) >= 11 is 0. The Morgan fingerprint density at radius 2 is 2.00 bits per heavy atom. The van der Waals surface area contributed by atoms with Gasteiger partial charge < -0.3 is 14.7 Å². The normalized spacial score (nSPS) is 30.3. The Labute approximate surface area is 142 Å². The number of aliphatic carboxylic acids is 1. The summed E-state index contributed by atoms with van der Waals surface area (Å²) < 4.78 is 5.93. The molecule has 0 aliphatic carbocycles. The molecule has 1 N–H and O–H groups in total. The molecular formula is C19H25NO4. The minimum absolute atomic E-state index is 0.0326. The first-order valence-electron chi connectivity index (χ1n) is 8.61. The van der Waals surface area contributed by atoms with Crippen LogP contribution in [0.4, 0.5) is 0 Å². The lowest BCUT2D eigenvalue weighted by molar-refractivity contribution is -0.149. The van der Waals surface area contributed by atoms with Crippen molar-refractivity contribution in [1.29, 1.82) is 0 Å². The van der Waals surface area contributed by atoms with Crippen molar-refractivity contribution in [3.05, 3.63) is 35.4 Å². The highest BCUT2D eigenvalue weighted by Gasteiger charge is 2.45. The lowest BCUT2D eigenvalue weighted by Gasteiger charge is -2.34. The average Bonchev–Trinajstić information content (AvgIpc) is 2.99. The Balaban J connectivity index is 1.77. The molecule has 0 bridgehead atoms. The van der Waals surface area contributed by atoms with Gasteiger partial charge in [0.1, 0.15) is 0 Å². The van der Waals surface area contributed by atoms with E-state index >= 15 is 0 Å². The van der Waals surface area contributed by atoms with Crippen LogP contribution in [0.1, 0.15) is 43.4 Å². The van der Waals surface area contributed by atoms with Gasteiger partial charge in [-0.1, -0.05) is 29.8 Å². The first-order chi connectivity index (χ1) is 11.4. The second-order valence-electron chi connectivity index (χ2n) is 7.33. The van der Waals surface area contributed by atoms with Crippen molar-refractivity contribution in [3.63, 3.8) is 0 Å². The number of likely N-dealkylation sites (tertiary alicyclic amines) is 1. The molecular weight excluding hydrogens is 306 g/mol. The van der Waals surface area contributed by atoms with Crippen LogP contribution in [0.25, 0.3) is 0 Å². The highest BCUT2D eigenvalue weighted by molar-refractivity contribution is 5.82. The molecule has 0 spiro atoms. The molecule has 5 nitrogen and oxygen atoms in total. The maximum absolute atomic E-state index is 13.0. The van der Waals surface area contributed by atoms with Crippen LogP contribution in [0.15, 0.2) is 24.3 Å². The molecule has 3 rings (SSSR count). The summed E-state index contributed by atoms with van der Waals surface area (Å²) in [5.74, 6) is -1.02. The van der Waals surface area contributed by atoms with Crippen LogP contribution >= 0.6 is 0 Å². The predicted molar refractivity (Wildman–Crippen MR) is 89.5 cm³/mol. The molecule has 2 heterocycles. The quantitative estimate of drug-likeness (QED) is 0.925. The zero-order chi connectivity index (χ0) is 17.3. The van der Waals surface area contributed by atoms with E-state index in [4.69, 9.17) is 4.74 Å². The van der Waals surface area contributed by atoms with E-state index in [0.29, 0.717) is 19.6 Å². The summed E-state index contributed by atoms with van der Waals surface area (Å²) in [7, 11) is 0. The standard InChI is InChI=1S/C19H25NO4/c1-13-5-7-14(8-6-13)16-15(4-3-11-24-16)17(21)20-10-9-19(2,12-20)18(22)23/h5-8,15-16H,3-4,9-12H2,1-2H3,(H,22,23)/t15-,16-,19-/m0/s1. The van der Waals surface area contributed by atoms with Gasteiger partial charge in [-0.2, -0.15) is 0 Å². The zero-order valence-electron chi connectivity index (χ0n) is 14.3. The highest BCUT2D eigenvalue weighted by Crippen LogP contribution is 2.38. The number of hydrogen-bond donors (Lipinski definition) is 1. The molecule has 0 radical (unpaired) electrons. The largest absolute Gasteiger partial charge is 0.481 e. The smallest absolute Gasteiger partial charge is 0.311 e. The number of benzene rings is 1. The SMILES string of the molecule is Cc1ccc([C@@H]2OCCC[C@@H]2C(=O)N2CC[C@](C)(C(=O)O)C2)cc1. The summed E-state index contributed by atoms with van der Waals surface area (Å²) in [4.78, 5) is 26.2. The molecule has 24 heavy (non-hydrogen) atoms. The van der Waals surface area contributed by atoms with E-state index in [1.54, 1.807) is 11.8 Å². The molecule has 1 aromatic carbocycles. The number of aryl methyl sites for hydroxylation is 1. The molecule has 0 unspecified atom stereocenters. The van der Waals surface area contributed by atoms with Crippen molar-refractivity contribution in [2.75, 3.05) is 19.7 Å². The third-order valence-corrected chi connectivity index (χ3v) is 5.35. The minimum atomic E-state index is -0.829. The van der Waals surface area contributed by atoms with Crippen LogP contribution in [0.5, 0.6) is 0 Å². The fourth-order valence-electron chi connectivity index (χ4n) is 3.68. The molecule has 5 heteroatoms. The molecule has 2 aliphatic heterocycles. The molecule has 3 atom stereocenters. The van der Waals surface area contributed by atoms with Gasteiger partial charge in [0, 0.05) is 19.7 Å². The lowest BCUT2D eigenvalue weighted by Crippen LogP contribution is -2.41. The molecule has 0 saturated carbocycles. The van der Waals surface area contributed by atoms with Crippen LogP contribution in [0, 0.1) is 18.3 Å². The van der Waals surface area contributed by atoms with Crippen LogP contribution < -0.4 is 0 Å². The third-order valence-electron chi connectivity index (χ3n) is 5.35. The van der Waals surface area contributed by atoms with Crippen LogP contribution in [-0.4, -0.2) is 41.6 Å². The van der Waals surface area contributed by atoms with E-state index < -0.39 is 11.4 Å². The number of carbonyl (C=O) groups is 2. The van der Waals surface area contributed by atoms with E-state index in [0.717, 1.165) is 18.4 Å². The summed E-state index contributed by atoms with van der Waals surface area (Å²) in [6.45, 7) is 5.22. The van der Waals surface area contributed by atoms with Crippen molar-refractivity contribution in [2.45, 2.75) is 39.2 Å². The van der Waals surface area contributed by atoms with E-state index in [1.165, 1.54) is 5.56 Å². The number of amides is 1. The summed E-state index contributed by atoms with van der Waals surface area (Å²) in [5.41, 5.74) is 1.37. The van der Waals surface area contributed by atoms with Crippen LogP contribution in [-0.2, 0) is 14.3 Å². The van der Waals surface area contributed by atoms with Gasteiger partial charge >= 0.3 is 5.97 Å². The maximum atomic E-state index is 13.0. The second kappa shape index (κ2) is 6.55. The Bertz CT molecular complexity index is 627. The fourth-order valence-corrected chi connectivity index (χ4v) is 3.68. The number of rotatable bonds is 3. The number of carboxylic acid groups (broad SMARTS) is 1. The van der Waals surface area contributed by atoms with Crippen molar-refractivity contribution in [3.8, 4) is 0 Å². The number of carboxylic acids is 1. The van der Waals surface area contributed by atoms with Crippen molar-refractivity contribution in [2.24, 2.45) is 11.3 Å². The van der Waals surface area contributed by atoms with Crippen molar-refractivity contribution >= 4 is 11.9 Å². The molecule has 1 aromatic rings. The molecule has 2 fully saturated rings. The van der Waals surface area contributed by atoms with E-state index in [9.17, 15) is 14.7 Å². The molecule has 1 amide bonds. The monoisotopic (exact) mass is 331 g/mol. The molecule has 2 aliphatic rings. The van der Waals surface area contributed by atoms with Gasteiger partial charge in [0.05, 0.1) is 17.4 Å². The zero-order valence-corrected chi connectivity index (χ0v) is 14.3. The maximum Gasteiger partial charge on any atom is 0.311 e. The molecule has 2 saturated heterocycles. The molecule has 0 aromatic heterocycles. The number of ether oxygens (including phenoxy) is 1. The Morgan fingerprint density at radius 3 is 2.62 bits per heavy atom. The lowest BCUT2D eigenvalue weighted by atomic mass is 9.87. The van der Waals surface area contributed by atoms with Gasteiger partial charge in [0.15, 0.2) is 0 Å². The number of hydrogen-bond acceptors (Lipinski definition) is 3. The van der Waals surface area contributed by atoms with E-state index in [1.807, 2.05) is 31.2 Å². The van der Waals surface area contributed by atoms with Crippen molar-refractivity contribution < 1.29 is 19.4 Å². The highest BCUT2D eigenvalue weighted by atomic mass is 16.5. The predicted octanol–water partition coefficient (Wildman–Crippen LogP) is 2.79. The third kappa shape index (κ3) is 3.18. The Hall–Kier alpha value is -1.88. The van der Waals surface area contributed by atoms with E-state index in [-0.39, 0.29) is 24.5 Å². The van der Waals surface area contributed by atoms with Crippen LogP contribution in [0.2, 0.25) is 0 Å². The van der Waals surface area contributed by atoms with Crippen molar-refractivity contribution in [1.82, 2.24) is 4.90 Å². The van der Waals surface area contributed by atoms with E-state index in [2.05, 4.69) is 0 Å². The van der Waals surface area contributed by atoms with Gasteiger partial charge in [-0.05, 0) is 38.7 Å².